The van der Waals surface area contributed by atoms with Crippen LogP contribution in [0.3, 0.4) is 0 Å². The first kappa shape index (κ1) is 19.2. The molecule has 0 aliphatic heterocycles. The van der Waals surface area contributed by atoms with Crippen molar-refractivity contribution < 1.29 is 29.6 Å². The number of hydrogen-bond acceptors (Lipinski definition) is 5. The number of nitrogens with one attached hydrogen (secondary N) is 1. The molecule has 23 heavy (non-hydrogen) atoms. The van der Waals surface area contributed by atoms with Crippen LogP contribution in [0.25, 0.3) is 0 Å². The van der Waals surface area contributed by atoms with E-state index in [-0.39, 0.29) is 22.7 Å². The summed E-state index contributed by atoms with van der Waals surface area (Å²) in [6, 6.07) is 4.17. The second-order valence-corrected chi connectivity index (χ2v) is 6.31. The van der Waals surface area contributed by atoms with Gasteiger partial charge in [-0.1, -0.05) is 23.7 Å². The predicted octanol–water partition coefficient (Wildman–Crippen LogP) is 1.96. The standard InChI is InChI=1S/C15H20ClNO6/c1-15(2,3)23-14(22)17-7-10(18)12(19)8-5-4-6-9(16)11(8)13(20)21/h4-6,10,12,18-19H,7H2,1-3H3,(H,17,22)(H,20,21). The maximum absolute atomic E-state index is 11.5. The largest absolute Gasteiger partial charge is 0.478 e. The van der Waals surface area contributed by atoms with Gasteiger partial charge in [-0.25, -0.2) is 9.59 Å². The average molecular weight is 346 g/mol. The topological polar surface area (TPSA) is 116 Å². The van der Waals surface area contributed by atoms with E-state index in [2.05, 4.69) is 5.32 Å². The molecule has 8 heteroatoms. The number of amides is 1. The molecule has 0 saturated heterocycles. The Balaban J connectivity index is 2.78. The Kier molecular flexibility index (Phi) is 6.37. The molecule has 0 fully saturated rings. The number of carboxylic acid groups (broad SMARTS) is 1. The number of carbonyl (C=O) groups is 2. The van der Waals surface area contributed by atoms with Gasteiger partial charge in [0.05, 0.1) is 10.6 Å². The van der Waals surface area contributed by atoms with E-state index in [9.17, 15) is 19.8 Å². The molecule has 1 aromatic rings. The summed E-state index contributed by atoms with van der Waals surface area (Å²) in [4.78, 5) is 22.7. The molecule has 4 N–H and O–H groups in total. The highest BCUT2D eigenvalue weighted by atomic mass is 35.5. The van der Waals surface area contributed by atoms with Crippen LogP contribution in [-0.2, 0) is 4.74 Å². The summed E-state index contributed by atoms with van der Waals surface area (Å²) >= 11 is 5.81. The lowest BCUT2D eigenvalue weighted by atomic mass is 9.98. The molecule has 1 amide bonds. The molecule has 0 aliphatic rings. The minimum Gasteiger partial charge on any atom is -0.478 e. The van der Waals surface area contributed by atoms with Crippen LogP contribution in [-0.4, -0.2) is 45.6 Å². The van der Waals surface area contributed by atoms with Crippen molar-refractivity contribution in [3.05, 3.63) is 34.3 Å². The fraction of sp³-hybridized carbons (Fsp3) is 0.467. The number of alkyl carbamates (subject to hydrolysis) is 1. The quantitative estimate of drug-likeness (QED) is 0.648. The monoisotopic (exact) mass is 345 g/mol. The Morgan fingerprint density at radius 3 is 2.43 bits per heavy atom. The number of halogens is 1. The van der Waals surface area contributed by atoms with E-state index in [1.807, 2.05) is 0 Å². The number of benzene rings is 1. The predicted molar refractivity (Wildman–Crippen MR) is 83.6 cm³/mol. The van der Waals surface area contributed by atoms with E-state index < -0.39 is 29.9 Å². The highest BCUT2D eigenvalue weighted by molar-refractivity contribution is 6.33. The molecule has 0 bridgehead atoms. The molecule has 7 nitrogen and oxygen atoms in total. The van der Waals surface area contributed by atoms with Crippen molar-refractivity contribution in [1.82, 2.24) is 5.32 Å². The van der Waals surface area contributed by atoms with E-state index >= 15 is 0 Å². The van der Waals surface area contributed by atoms with Crippen molar-refractivity contribution >= 4 is 23.7 Å². The van der Waals surface area contributed by atoms with E-state index in [1.165, 1.54) is 18.2 Å². The van der Waals surface area contributed by atoms with Crippen LogP contribution >= 0.6 is 11.6 Å². The Bertz CT molecular complexity index is 584. The number of carbonyl (C=O) groups excluding carboxylic acids is 1. The number of aliphatic hydroxyl groups is 2. The van der Waals surface area contributed by atoms with Gasteiger partial charge in [-0.05, 0) is 32.4 Å². The number of hydrogen-bond donors (Lipinski definition) is 4. The summed E-state index contributed by atoms with van der Waals surface area (Å²) in [6.45, 7) is 4.73. The molecule has 0 aliphatic carbocycles. The minimum atomic E-state index is -1.53. The molecule has 0 heterocycles. The van der Waals surface area contributed by atoms with Crippen molar-refractivity contribution in [3.8, 4) is 0 Å². The third-order valence-corrected chi connectivity index (χ3v) is 3.11. The van der Waals surface area contributed by atoms with E-state index in [0.29, 0.717) is 0 Å². The van der Waals surface area contributed by atoms with Gasteiger partial charge >= 0.3 is 12.1 Å². The Hall–Kier alpha value is -1.83. The van der Waals surface area contributed by atoms with Gasteiger partial charge in [-0.15, -0.1) is 0 Å². The van der Waals surface area contributed by atoms with Gasteiger partial charge < -0.3 is 25.4 Å². The fourth-order valence-corrected chi connectivity index (χ4v) is 2.10. The molecule has 1 rings (SSSR count). The number of aromatic carboxylic acids is 1. The fourth-order valence-electron chi connectivity index (χ4n) is 1.83. The zero-order chi connectivity index (χ0) is 17.8. The summed E-state index contributed by atoms with van der Waals surface area (Å²) < 4.78 is 5.00. The molecule has 0 aromatic heterocycles. The van der Waals surface area contributed by atoms with Crippen molar-refractivity contribution in [3.63, 3.8) is 0 Å². The highest BCUT2D eigenvalue weighted by Crippen LogP contribution is 2.27. The van der Waals surface area contributed by atoms with E-state index in [0.717, 1.165) is 0 Å². The Morgan fingerprint density at radius 1 is 1.30 bits per heavy atom. The molecule has 128 valence electrons. The van der Waals surface area contributed by atoms with Gasteiger partial charge in [-0.2, -0.15) is 0 Å². The normalized spacial score (nSPS) is 14.0. The molecule has 0 saturated carbocycles. The number of aliphatic hydroxyl groups excluding tert-OH is 2. The number of ether oxygens (including phenoxy) is 1. The summed E-state index contributed by atoms with van der Waals surface area (Å²) in [5, 5.41) is 31.5. The molecular formula is C15H20ClNO6. The molecule has 0 spiro atoms. The van der Waals surface area contributed by atoms with Gasteiger partial charge in [-0.3, -0.25) is 0 Å². The third-order valence-electron chi connectivity index (χ3n) is 2.80. The van der Waals surface area contributed by atoms with Crippen LogP contribution in [0.5, 0.6) is 0 Å². The molecule has 0 radical (unpaired) electrons. The summed E-state index contributed by atoms with van der Waals surface area (Å²) in [5.74, 6) is -1.32. The number of carboxylic acids is 1. The zero-order valence-corrected chi connectivity index (χ0v) is 13.8. The van der Waals surface area contributed by atoms with Crippen LogP contribution in [0.1, 0.15) is 42.8 Å². The lowest BCUT2D eigenvalue weighted by molar-refractivity contribution is 0.0121. The third kappa shape index (κ3) is 5.70. The van der Waals surface area contributed by atoms with Gasteiger partial charge in [0.25, 0.3) is 0 Å². The van der Waals surface area contributed by atoms with Gasteiger partial charge in [0.1, 0.15) is 17.8 Å². The van der Waals surface area contributed by atoms with Gasteiger partial charge in [0, 0.05) is 6.54 Å². The van der Waals surface area contributed by atoms with Crippen molar-refractivity contribution in [1.29, 1.82) is 0 Å². The van der Waals surface area contributed by atoms with Crippen LogP contribution in [0.2, 0.25) is 5.02 Å². The van der Waals surface area contributed by atoms with Crippen molar-refractivity contribution in [2.75, 3.05) is 6.54 Å². The zero-order valence-electron chi connectivity index (χ0n) is 13.0. The molecule has 1 aromatic carbocycles. The van der Waals surface area contributed by atoms with Gasteiger partial charge in [0.15, 0.2) is 0 Å². The van der Waals surface area contributed by atoms with E-state index in [4.69, 9.17) is 21.4 Å². The Morgan fingerprint density at radius 2 is 1.91 bits per heavy atom. The molecule has 2 atom stereocenters. The van der Waals surface area contributed by atoms with Crippen molar-refractivity contribution in [2.45, 2.75) is 38.6 Å². The van der Waals surface area contributed by atoms with Crippen molar-refractivity contribution in [2.24, 2.45) is 0 Å². The van der Waals surface area contributed by atoms with Crippen LogP contribution in [0, 0.1) is 0 Å². The first-order valence-electron chi connectivity index (χ1n) is 6.87. The molecule has 2 unspecified atom stereocenters. The minimum absolute atomic E-state index is 0.0384. The second kappa shape index (κ2) is 7.63. The smallest absolute Gasteiger partial charge is 0.407 e. The van der Waals surface area contributed by atoms with Crippen LogP contribution in [0.4, 0.5) is 4.79 Å². The van der Waals surface area contributed by atoms with Crippen LogP contribution < -0.4 is 5.32 Å². The van der Waals surface area contributed by atoms with E-state index in [1.54, 1.807) is 20.8 Å². The number of rotatable bonds is 5. The SMILES string of the molecule is CC(C)(C)OC(=O)NCC(O)C(O)c1cccc(Cl)c1C(=O)O. The Labute approximate surface area is 138 Å². The van der Waals surface area contributed by atoms with Gasteiger partial charge in [0.2, 0.25) is 0 Å². The maximum atomic E-state index is 11.5. The first-order valence-corrected chi connectivity index (χ1v) is 7.25. The van der Waals surface area contributed by atoms with Crippen LogP contribution in [0.15, 0.2) is 18.2 Å². The molecular weight excluding hydrogens is 326 g/mol. The average Bonchev–Trinajstić information content (AvgIpc) is 2.41. The summed E-state index contributed by atoms with van der Waals surface area (Å²) in [6.07, 6.45) is -3.72. The summed E-state index contributed by atoms with van der Waals surface area (Å²) in [5.41, 5.74) is -1.03. The summed E-state index contributed by atoms with van der Waals surface area (Å²) in [7, 11) is 0. The lowest BCUT2D eigenvalue weighted by Gasteiger charge is -2.23. The highest BCUT2D eigenvalue weighted by Gasteiger charge is 2.26. The maximum Gasteiger partial charge on any atom is 0.407 e. The first-order chi connectivity index (χ1) is 10.5. The lowest BCUT2D eigenvalue weighted by Crippen LogP contribution is -2.39. The second-order valence-electron chi connectivity index (χ2n) is 5.90.